The van der Waals surface area contributed by atoms with E-state index in [2.05, 4.69) is 34.6 Å². The summed E-state index contributed by atoms with van der Waals surface area (Å²) in [6.45, 7) is 7.26. The van der Waals surface area contributed by atoms with Crippen molar-refractivity contribution in [3.05, 3.63) is 0 Å². The predicted octanol–water partition coefficient (Wildman–Crippen LogP) is 24.0. The van der Waals surface area contributed by atoms with Gasteiger partial charge in [0, 0.05) is 25.7 Å². The van der Waals surface area contributed by atoms with Crippen molar-refractivity contribution in [2.75, 3.05) is 39.6 Å². The van der Waals surface area contributed by atoms with Crippen molar-refractivity contribution in [1.82, 2.24) is 0 Å². The lowest BCUT2D eigenvalue weighted by Crippen LogP contribution is -2.30. The average Bonchev–Trinajstić information content (AvgIpc) is 1.00. The molecule has 0 aliphatic rings. The minimum Gasteiger partial charge on any atom is -0.462 e. The van der Waals surface area contributed by atoms with Gasteiger partial charge in [-0.1, -0.05) is 375 Å². The Morgan fingerprint density at radius 2 is 0.465 bits per heavy atom. The number of phosphoric ester groups is 2. The van der Waals surface area contributed by atoms with Crippen molar-refractivity contribution in [2.24, 2.45) is 5.92 Å². The van der Waals surface area contributed by atoms with Gasteiger partial charge in [0.1, 0.15) is 19.3 Å². The summed E-state index contributed by atoms with van der Waals surface area (Å²) in [6, 6.07) is 0. The zero-order chi connectivity index (χ0) is 72.7. The van der Waals surface area contributed by atoms with Gasteiger partial charge >= 0.3 is 39.5 Å². The lowest BCUT2D eigenvalue weighted by molar-refractivity contribution is -0.161. The minimum absolute atomic E-state index is 0.106. The van der Waals surface area contributed by atoms with Gasteiger partial charge in [0.15, 0.2) is 12.2 Å². The van der Waals surface area contributed by atoms with Gasteiger partial charge in [0.2, 0.25) is 0 Å². The number of esters is 4. The van der Waals surface area contributed by atoms with Crippen LogP contribution >= 0.6 is 15.6 Å². The first-order valence-corrected chi connectivity index (χ1v) is 44.6. The highest BCUT2D eigenvalue weighted by Crippen LogP contribution is 2.45. The molecule has 5 atom stereocenters. The van der Waals surface area contributed by atoms with E-state index < -0.39 is 97.5 Å². The summed E-state index contributed by atoms with van der Waals surface area (Å²) in [4.78, 5) is 72.8. The average molecular weight is 1450 g/mol. The van der Waals surface area contributed by atoms with E-state index in [0.29, 0.717) is 25.7 Å². The molecular formula is C80H156O17P2. The Balaban J connectivity index is 5.16. The molecule has 0 aromatic heterocycles. The van der Waals surface area contributed by atoms with Gasteiger partial charge in [0.25, 0.3) is 0 Å². The normalized spacial score (nSPS) is 13.9. The molecule has 0 aromatic rings. The molecule has 0 aliphatic carbocycles. The van der Waals surface area contributed by atoms with Crippen molar-refractivity contribution < 1.29 is 80.2 Å². The Kier molecular flexibility index (Phi) is 71.6. The SMILES string of the molecule is CCCCCCCCCCCCCCCCCCCCCCCCC(=O)O[C@H](COC(=O)CCCCCCCCCCCCCCCCCCC)COP(=O)(O)OC[C@@H](O)COP(=O)(O)OC[C@@H](COC(=O)CCCCCCCCC)OC(=O)CCCCCCCCCCCCC(C)C. The van der Waals surface area contributed by atoms with E-state index in [1.165, 1.54) is 238 Å². The fourth-order valence-electron chi connectivity index (χ4n) is 12.4. The summed E-state index contributed by atoms with van der Waals surface area (Å²) in [6.07, 6.45) is 64.2. The molecule has 0 fully saturated rings. The summed E-state index contributed by atoms with van der Waals surface area (Å²) in [7, 11) is -9.91. The number of hydrogen-bond acceptors (Lipinski definition) is 15. The number of rotatable bonds is 80. The fraction of sp³-hybridized carbons (Fsp3) is 0.950. The molecule has 2 unspecified atom stereocenters. The maximum atomic E-state index is 13.1. The van der Waals surface area contributed by atoms with Crippen LogP contribution in [0.3, 0.4) is 0 Å². The maximum Gasteiger partial charge on any atom is 0.472 e. The van der Waals surface area contributed by atoms with E-state index in [1.54, 1.807) is 0 Å². The quantitative estimate of drug-likeness (QED) is 0.0222. The van der Waals surface area contributed by atoms with Crippen LogP contribution in [0.15, 0.2) is 0 Å². The second-order valence-electron chi connectivity index (χ2n) is 29.3. The van der Waals surface area contributed by atoms with Crippen LogP contribution < -0.4 is 0 Å². The zero-order valence-corrected chi connectivity index (χ0v) is 66.4. The molecule has 0 bridgehead atoms. The number of phosphoric acid groups is 2. The Labute approximate surface area is 607 Å². The topological polar surface area (TPSA) is 237 Å². The van der Waals surface area contributed by atoms with Crippen LogP contribution in [-0.2, 0) is 65.4 Å². The van der Waals surface area contributed by atoms with Crippen LogP contribution in [-0.4, -0.2) is 96.7 Å². The molecule has 0 spiro atoms. The highest BCUT2D eigenvalue weighted by Gasteiger charge is 2.30. The largest absolute Gasteiger partial charge is 0.472 e. The van der Waals surface area contributed by atoms with E-state index in [9.17, 15) is 43.2 Å². The first-order chi connectivity index (χ1) is 48.0. The number of aliphatic hydroxyl groups excluding tert-OH is 1. The Bertz CT molecular complexity index is 1890. The van der Waals surface area contributed by atoms with Gasteiger partial charge in [-0.3, -0.25) is 37.3 Å². The van der Waals surface area contributed by atoms with Crippen LogP contribution in [0.1, 0.15) is 426 Å². The molecule has 0 aliphatic heterocycles. The summed E-state index contributed by atoms with van der Waals surface area (Å²) >= 11 is 0. The number of aliphatic hydroxyl groups is 1. The van der Waals surface area contributed by atoms with E-state index >= 15 is 0 Å². The fourth-order valence-corrected chi connectivity index (χ4v) is 14.0. The molecule has 588 valence electrons. The zero-order valence-electron chi connectivity index (χ0n) is 64.6. The number of hydrogen-bond donors (Lipinski definition) is 3. The van der Waals surface area contributed by atoms with Crippen molar-refractivity contribution in [3.8, 4) is 0 Å². The van der Waals surface area contributed by atoms with Crippen LogP contribution in [0, 0.1) is 5.92 Å². The lowest BCUT2D eigenvalue weighted by Gasteiger charge is -2.21. The van der Waals surface area contributed by atoms with Crippen LogP contribution in [0.5, 0.6) is 0 Å². The minimum atomic E-state index is -4.96. The molecular weight excluding hydrogens is 1290 g/mol. The smallest absolute Gasteiger partial charge is 0.462 e. The Hall–Kier alpha value is -1.94. The van der Waals surface area contributed by atoms with Gasteiger partial charge < -0.3 is 33.8 Å². The van der Waals surface area contributed by atoms with Gasteiger partial charge in [-0.25, -0.2) is 9.13 Å². The van der Waals surface area contributed by atoms with Crippen molar-refractivity contribution in [2.45, 2.75) is 445 Å². The molecule has 0 aromatic carbocycles. The van der Waals surface area contributed by atoms with Crippen molar-refractivity contribution in [1.29, 1.82) is 0 Å². The first-order valence-electron chi connectivity index (χ1n) is 41.6. The second kappa shape index (κ2) is 73.0. The second-order valence-corrected chi connectivity index (χ2v) is 32.2. The maximum absolute atomic E-state index is 13.1. The number of carbonyl (C=O) groups is 4. The number of unbranched alkanes of at least 4 members (excludes halogenated alkanes) is 52. The van der Waals surface area contributed by atoms with Gasteiger partial charge in [0.05, 0.1) is 26.4 Å². The molecule has 0 rings (SSSR count). The van der Waals surface area contributed by atoms with Crippen molar-refractivity contribution >= 4 is 39.5 Å². The Morgan fingerprint density at radius 1 is 0.273 bits per heavy atom. The van der Waals surface area contributed by atoms with E-state index in [4.69, 9.17) is 37.0 Å². The number of carbonyl (C=O) groups excluding carboxylic acids is 4. The van der Waals surface area contributed by atoms with Crippen molar-refractivity contribution in [3.63, 3.8) is 0 Å². The molecule has 0 amide bonds. The summed E-state index contributed by atoms with van der Waals surface area (Å²) in [5.41, 5.74) is 0. The molecule has 17 nitrogen and oxygen atoms in total. The van der Waals surface area contributed by atoms with E-state index in [1.807, 2.05) is 0 Å². The highest BCUT2D eigenvalue weighted by molar-refractivity contribution is 7.47. The molecule has 0 heterocycles. The van der Waals surface area contributed by atoms with Crippen LogP contribution in [0.25, 0.3) is 0 Å². The van der Waals surface area contributed by atoms with Crippen LogP contribution in [0.4, 0.5) is 0 Å². The van der Waals surface area contributed by atoms with E-state index in [0.717, 1.165) is 109 Å². The third-order valence-corrected chi connectivity index (χ3v) is 20.7. The summed E-state index contributed by atoms with van der Waals surface area (Å²) < 4.78 is 68.5. The third-order valence-electron chi connectivity index (χ3n) is 18.8. The summed E-state index contributed by atoms with van der Waals surface area (Å²) in [5.74, 6) is -1.36. The van der Waals surface area contributed by atoms with E-state index in [-0.39, 0.29) is 25.7 Å². The lowest BCUT2D eigenvalue weighted by atomic mass is 10.0. The predicted molar refractivity (Wildman–Crippen MR) is 405 cm³/mol. The standard InChI is InChI=1S/C80H156O17P2/c1-6-9-12-15-18-20-22-24-26-28-29-30-31-32-34-36-38-40-45-50-55-60-65-79(84)97-76(70-91-78(83)64-59-54-49-44-39-37-35-33-27-25-23-21-19-16-13-10-7-2)72-95-99(88,89)93-68-74(81)67-92-98(86,87)94-71-75(69-90-77(82)63-58-53-47-17-14-11-8-3)96-80(85)66-61-56-51-46-42-41-43-48-52-57-62-73(4)5/h73-76,81H,6-72H2,1-5H3,(H,86,87)(H,88,89)/t74-,75+,76+/m0/s1. The van der Waals surface area contributed by atoms with Gasteiger partial charge in [-0.2, -0.15) is 0 Å². The Morgan fingerprint density at radius 3 is 0.687 bits per heavy atom. The van der Waals surface area contributed by atoms with Crippen LogP contribution in [0.2, 0.25) is 0 Å². The molecule has 19 heteroatoms. The molecule has 0 radical (unpaired) electrons. The molecule has 0 saturated heterocycles. The summed E-state index contributed by atoms with van der Waals surface area (Å²) in [5, 5.41) is 10.6. The van der Waals surface area contributed by atoms with Gasteiger partial charge in [-0.05, 0) is 31.6 Å². The number of ether oxygens (including phenoxy) is 4. The molecule has 3 N–H and O–H groups in total. The molecule has 0 saturated carbocycles. The highest BCUT2D eigenvalue weighted by atomic mass is 31.2. The molecule has 99 heavy (non-hydrogen) atoms. The third kappa shape index (κ3) is 74.1. The van der Waals surface area contributed by atoms with Gasteiger partial charge in [-0.15, -0.1) is 0 Å². The monoisotopic (exact) mass is 1450 g/mol. The first kappa shape index (κ1) is 97.1.